The van der Waals surface area contributed by atoms with Crippen molar-refractivity contribution in [3.63, 3.8) is 0 Å². The summed E-state index contributed by atoms with van der Waals surface area (Å²) in [5.41, 5.74) is 6.25. The number of hydrogen-bond donors (Lipinski definition) is 2. The summed E-state index contributed by atoms with van der Waals surface area (Å²) < 4.78 is 5.68. The molecule has 0 fully saturated rings. The summed E-state index contributed by atoms with van der Waals surface area (Å²) in [6.45, 7) is 3.53. The smallest absolute Gasteiger partial charge is 0.279 e. The van der Waals surface area contributed by atoms with Crippen LogP contribution in [0.5, 0.6) is 5.75 Å². The maximum atomic E-state index is 12.2. The van der Waals surface area contributed by atoms with Crippen molar-refractivity contribution in [3.05, 3.63) is 77.9 Å². The van der Waals surface area contributed by atoms with Crippen LogP contribution in [0.25, 0.3) is 10.8 Å². The van der Waals surface area contributed by atoms with E-state index in [0.29, 0.717) is 11.3 Å². The van der Waals surface area contributed by atoms with Crippen LogP contribution in [-0.4, -0.2) is 17.9 Å². The lowest BCUT2D eigenvalue weighted by Crippen LogP contribution is -2.47. The number of aryl methyl sites for hydroxylation is 1. The van der Waals surface area contributed by atoms with Crippen LogP contribution < -0.4 is 15.6 Å². The van der Waals surface area contributed by atoms with Crippen LogP contribution >= 0.6 is 0 Å². The molecule has 2 N–H and O–H groups in total. The van der Waals surface area contributed by atoms with Crippen LogP contribution in [0.1, 0.15) is 22.8 Å². The molecule has 0 saturated carbocycles. The fourth-order valence-corrected chi connectivity index (χ4v) is 2.58. The Morgan fingerprint density at radius 1 is 0.885 bits per heavy atom. The molecule has 0 spiro atoms. The van der Waals surface area contributed by atoms with Gasteiger partial charge in [0.2, 0.25) is 0 Å². The van der Waals surface area contributed by atoms with Gasteiger partial charge in [0.25, 0.3) is 11.8 Å². The van der Waals surface area contributed by atoms with Crippen molar-refractivity contribution in [3.8, 4) is 5.75 Å². The van der Waals surface area contributed by atoms with E-state index >= 15 is 0 Å². The highest BCUT2D eigenvalue weighted by molar-refractivity contribution is 5.95. The Morgan fingerprint density at radius 3 is 2.42 bits per heavy atom. The first-order valence-corrected chi connectivity index (χ1v) is 8.35. The molecule has 0 aliphatic heterocycles. The van der Waals surface area contributed by atoms with E-state index in [-0.39, 0.29) is 5.91 Å². The fraction of sp³-hybridized carbons (Fsp3) is 0.143. The van der Waals surface area contributed by atoms with E-state index < -0.39 is 12.0 Å². The molecule has 0 aliphatic rings. The molecule has 3 aromatic carbocycles. The maximum absolute atomic E-state index is 12.2. The molecule has 0 aliphatic carbocycles. The third-order valence-corrected chi connectivity index (χ3v) is 3.98. The largest absolute Gasteiger partial charge is 0.481 e. The molecule has 26 heavy (non-hydrogen) atoms. The van der Waals surface area contributed by atoms with Crippen molar-refractivity contribution in [1.82, 2.24) is 10.9 Å². The van der Waals surface area contributed by atoms with E-state index in [1.807, 2.05) is 55.5 Å². The number of carbonyl (C=O) groups excluding carboxylic acids is 2. The first-order chi connectivity index (χ1) is 12.5. The van der Waals surface area contributed by atoms with Crippen LogP contribution in [0.4, 0.5) is 0 Å². The van der Waals surface area contributed by atoms with E-state index in [9.17, 15) is 9.59 Å². The first-order valence-electron chi connectivity index (χ1n) is 8.35. The van der Waals surface area contributed by atoms with Crippen molar-refractivity contribution >= 4 is 22.6 Å². The molecule has 0 saturated heterocycles. The monoisotopic (exact) mass is 348 g/mol. The minimum Gasteiger partial charge on any atom is -0.481 e. The average Bonchev–Trinajstić information content (AvgIpc) is 2.65. The van der Waals surface area contributed by atoms with Gasteiger partial charge in [0, 0.05) is 5.56 Å². The van der Waals surface area contributed by atoms with Crippen molar-refractivity contribution in [2.45, 2.75) is 20.0 Å². The molecule has 3 rings (SSSR count). The Morgan fingerprint density at radius 2 is 1.65 bits per heavy atom. The van der Waals surface area contributed by atoms with Crippen LogP contribution in [0.2, 0.25) is 0 Å². The Balaban J connectivity index is 1.57. The molecule has 1 atom stereocenters. The maximum Gasteiger partial charge on any atom is 0.279 e. The predicted molar refractivity (Wildman–Crippen MR) is 101 cm³/mol. The second-order valence-corrected chi connectivity index (χ2v) is 6.08. The number of hydrazine groups is 1. The van der Waals surface area contributed by atoms with Crippen molar-refractivity contribution < 1.29 is 14.3 Å². The third-order valence-electron chi connectivity index (χ3n) is 3.98. The molecule has 0 aromatic heterocycles. The van der Waals surface area contributed by atoms with Gasteiger partial charge in [-0.2, -0.15) is 0 Å². The van der Waals surface area contributed by atoms with E-state index in [4.69, 9.17) is 4.74 Å². The molecule has 0 heterocycles. The highest BCUT2D eigenvalue weighted by atomic mass is 16.5. The van der Waals surface area contributed by atoms with Gasteiger partial charge in [0.05, 0.1) is 0 Å². The normalized spacial score (nSPS) is 11.6. The highest BCUT2D eigenvalue weighted by Gasteiger charge is 2.16. The lowest BCUT2D eigenvalue weighted by atomic mass is 10.1. The summed E-state index contributed by atoms with van der Waals surface area (Å²) in [4.78, 5) is 24.2. The number of fused-ring (bicyclic) bond motifs is 1. The standard InChI is InChI=1S/C21H20N2O3/c1-14-6-5-9-18(12-14)21(25)23-22-20(24)15(2)26-19-11-10-16-7-3-4-8-17(16)13-19/h3-13,15H,1-2H3,(H,22,24)(H,23,25)/t15-/m1/s1. The van der Waals surface area contributed by atoms with Gasteiger partial charge < -0.3 is 4.74 Å². The summed E-state index contributed by atoms with van der Waals surface area (Å²) in [5, 5.41) is 2.13. The molecular formula is C21H20N2O3. The molecule has 132 valence electrons. The van der Waals surface area contributed by atoms with Gasteiger partial charge in [0.1, 0.15) is 5.75 Å². The summed E-state index contributed by atoms with van der Waals surface area (Å²) >= 11 is 0. The Kier molecular flexibility index (Phi) is 5.17. The zero-order chi connectivity index (χ0) is 18.5. The molecule has 5 heteroatoms. The number of carbonyl (C=O) groups is 2. The molecule has 0 unspecified atom stereocenters. The summed E-state index contributed by atoms with van der Waals surface area (Å²) in [7, 11) is 0. The topological polar surface area (TPSA) is 67.4 Å². The number of hydrogen-bond acceptors (Lipinski definition) is 3. The molecular weight excluding hydrogens is 328 g/mol. The van der Waals surface area contributed by atoms with Gasteiger partial charge in [-0.1, -0.05) is 48.0 Å². The quantitative estimate of drug-likeness (QED) is 0.710. The van der Waals surface area contributed by atoms with Gasteiger partial charge in [-0.3, -0.25) is 20.4 Å². The lowest BCUT2D eigenvalue weighted by Gasteiger charge is -2.15. The van der Waals surface area contributed by atoms with Crippen molar-refractivity contribution in [2.75, 3.05) is 0 Å². The molecule has 3 aromatic rings. The van der Waals surface area contributed by atoms with Crippen LogP contribution in [0.15, 0.2) is 66.7 Å². The zero-order valence-corrected chi connectivity index (χ0v) is 14.7. The van der Waals surface area contributed by atoms with Gasteiger partial charge in [-0.05, 0) is 48.9 Å². The zero-order valence-electron chi connectivity index (χ0n) is 14.7. The molecule has 0 bridgehead atoms. The van der Waals surface area contributed by atoms with Gasteiger partial charge in [-0.15, -0.1) is 0 Å². The van der Waals surface area contributed by atoms with E-state index in [1.54, 1.807) is 25.1 Å². The van der Waals surface area contributed by atoms with Crippen LogP contribution in [0.3, 0.4) is 0 Å². The van der Waals surface area contributed by atoms with E-state index in [2.05, 4.69) is 10.9 Å². The summed E-state index contributed by atoms with van der Waals surface area (Å²) in [5.74, 6) is -0.213. The summed E-state index contributed by atoms with van der Waals surface area (Å²) in [6, 6.07) is 20.7. The number of nitrogens with one attached hydrogen (secondary N) is 2. The number of benzene rings is 3. The Labute approximate surface area is 152 Å². The van der Waals surface area contributed by atoms with Gasteiger partial charge in [-0.25, -0.2) is 0 Å². The number of amides is 2. The van der Waals surface area contributed by atoms with E-state index in [1.165, 1.54) is 0 Å². The Bertz CT molecular complexity index is 953. The van der Waals surface area contributed by atoms with Gasteiger partial charge >= 0.3 is 0 Å². The number of rotatable bonds is 4. The predicted octanol–water partition coefficient (Wildman–Crippen LogP) is 3.38. The highest BCUT2D eigenvalue weighted by Crippen LogP contribution is 2.21. The third kappa shape index (κ3) is 4.19. The minimum atomic E-state index is -0.756. The minimum absolute atomic E-state index is 0.375. The number of ether oxygens (including phenoxy) is 1. The average molecular weight is 348 g/mol. The second kappa shape index (κ2) is 7.70. The van der Waals surface area contributed by atoms with Crippen molar-refractivity contribution in [2.24, 2.45) is 0 Å². The van der Waals surface area contributed by atoms with Gasteiger partial charge in [0.15, 0.2) is 6.10 Å². The second-order valence-electron chi connectivity index (χ2n) is 6.08. The molecule has 5 nitrogen and oxygen atoms in total. The first kappa shape index (κ1) is 17.5. The van der Waals surface area contributed by atoms with Crippen molar-refractivity contribution in [1.29, 1.82) is 0 Å². The lowest BCUT2D eigenvalue weighted by molar-refractivity contribution is -0.128. The Hall–Kier alpha value is -3.34. The molecule has 0 radical (unpaired) electrons. The fourth-order valence-electron chi connectivity index (χ4n) is 2.58. The van der Waals surface area contributed by atoms with E-state index in [0.717, 1.165) is 16.3 Å². The SMILES string of the molecule is Cc1cccc(C(=O)NNC(=O)[C@@H](C)Oc2ccc3ccccc3c2)c1. The molecule has 2 amide bonds. The summed E-state index contributed by atoms with van der Waals surface area (Å²) in [6.07, 6.45) is -0.756. The van der Waals surface area contributed by atoms with Crippen LogP contribution in [0, 0.1) is 6.92 Å². The van der Waals surface area contributed by atoms with Crippen LogP contribution in [-0.2, 0) is 4.79 Å².